The molecule has 0 bridgehead atoms. The van der Waals surface area contributed by atoms with Crippen LogP contribution in [0.15, 0.2) is 42.4 Å². The van der Waals surface area contributed by atoms with Gasteiger partial charge in [-0.2, -0.15) is 0 Å². The van der Waals surface area contributed by atoms with Crippen molar-refractivity contribution in [3.8, 4) is 10.4 Å². The van der Waals surface area contributed by atoms with Gasteiger partial charge in [-0.1, -0.05) is 12.1 Å². The lowest BCUT2D eigenvalue weighted by Gasteiger charge is -2.01. The van der Waals surface area contributed by atoms with Gasteiger partial charge >= 0.3 is 0 Å². The highest BCUT2D eigenvalue weighted by Gasteiger charge is 2.06. The summed E-state index contributed by atoms with van der Waals surface area (Å²) >= 11 is 1.64. The van der Waals surface area contributed by atoms with E-state index in [2.05, 4.69) is 38.1 Å². The molecule has 0 amide bonds. The van der Waals surface area contributed by atoms with Crippen LogP contribution in [0, 0.1) is 0 Å². The van der Waals surface area contributed by atoms with Gasteiger partial charge in [0, 0.05) is 23.2 Å². The Kier molecular flexibility index (Phi) is 1.95. The van der Waals surface area contributed by atoms with Crippen molar-refractivity contribution < 1.29 is 0 Å². The van der Waals surface area contributed by atoms with Crippen LogP contribution in [-0.2, 0) is 0 Å². The summed E-state index contributed by atoms with van der Waals surface area (Å²) < 4.78 is 0. The van der Waals surface area contributed by atoms with Crippen LogP contribution in [0.5, 0.6) is 0 Å². The van der Waals surface area contributed by atoms with E-state index in [4.69, 9.17) is 0 Å². The van der Waals surface area contributed by atoms with Gasteiger partial charge in [-0.25, -0.2) is 9.97 Å². The summed E-state index contributed by atoms with van der Waals surface area (Å²) in [4.78, 5) is 17.0. The Bertz CT molecular complexity index is 833. The Balaban J connectivity index is 2.08. The fourth-order valence-electron chi connectivity index (χ4n) is 2.10. The lowest BCUT2D eigenvalue weighted by Crippen LogP contribution is -1.82. The van der Waals surface area contributed by atoms with Crippen molar-refractivity contribution in [1.82, 2.24) is 19.9 Å². The van der Waals surface area contributed by atoms with Crippen LogP contribution < -0.4 is 0 Å². The minimum absolute atomic E-state index is 0.823. The Morgan fingerprint density at radius 1 is 1.11 bits per heavy atom. The zero-order valence-electron chi connectivity index (χ0n) is 9.29. The summed E-state index contributed by atoms with van der Waals surface area (Å²) in [6, 6.07) is 6.31. The molecular formula is C13H8N4S. The van der Waals surface area contributed by atoms with Gasteiger partial charge in [0.25, 0.3) is 0 Å². The number of pyridine rings is 1. The molecule has 5 heteroatoms. The molecule has 0 atom stereocenters. The summed E-state index contributed by atoms with van der Waals surface area (Å²) in [5.41, 5.74) is 4.75. The fraction of sp³-hybridized carbons (Fsp3) is 0. The van der Waals surface area contributed by atoms with Crippen molar-refractivity contribution in [1.29, 1.82) is 0 Å². The molecule has 0 spiro atoms. The minimum Gasteiger partial charge on any atom is -0.329 e. The molecule has 0 aliphatic rings. The smallest absolute Gasteiger partial charge is 0.157 e. The van der Waals surface area contributed by atoms with Crippen LogP contribution in [0.3, 0.4) is 0 Å². The summed E-state index contributed by atoms with van der Waals surface area (Å²) in [5.74, 6) is 0. The number of hydrogen-bond donors (Lipinski definition) is 1. The van der Waals surface area contributed by atoms with E-state index in [1.807, 2.05) is 17.9 Å². The van der Waals surface area contributed by atoms with Crippen molar-refractivity contribution in [2.45, 2.75) is 0 Å². The van der Waals surface area contributed by atoms with Crippen molar-refractivity contribution in [3.05, 3.63) is 42.4 Å². The van der Waals surface area contributed by atoms with Gasteiger partial charge in [-0.3, -0.25) is 4.98 Å². The van der Waals surface area contributed by atoms with E-state index in [0.29, 0.717) is 0 Å². The van der Waals surface area contributed by atoms with Crippen LogP contribution in [-0.4, -0.2) is 19.9 Å². The molecule has 3 heterocycles. The number of thiazole rings is 1. The quantitative estimate of drug-likeness (QED) is 0.566. The predicted molar refractivity (Wildman–Crippen MR) is 72.5 cm³/mol. The Morgan fingerprint density at radius 2 is 2.11 bits per heavy atom. The number of H-pyrrole nitrogens is 1. The second kappa shape index (κ2) is 3.61. The summed E-state index contributed by atoms with van der Waals surface area (Å²) in [7, 11) is 0. The highest BCUT2D eigenvalue weighted by Crippen LogP contribution is 2.29. The number of benzene rings is 1. The Morgan fingerprint density at radius 3 is 3.00 bits per heavy atom. The van der Waals surface area contributed by atoms with E-state index in [1.165, 1.54) is 5.56 Å². The van der Waals surface area contributed by atoms with Crippen molar-refractivity contribution in [3.63, 3.8) is 0 Å². The molecule has 0 unspecified atom stereocenters. The molecule has 0 aliphatic heterocycles. The highest BCUT2D eigenvalue weighted by atomic mass is 32.1. The number of hydrogen-bond acceptors (Lipinski definition) is 4. The monoisotopic (exact) mass is 252 g/mol. The summed E-state index contributed by atoms with van der Waals surface area (Å²) in [6.45, 7) is 0. The molecule has 0 aliphatic carbocycles. The minimum atomic E-state index is 0.823. The first kappa shape index (κ1) is 9.73. The van der Waals surface area contributed by atoms with Gasteiger partial charge in [0.2, 0.25) is 0 Å². The van der Waals surface area contributed by atoms with Crippen LogP contribution in [0.2, 0.25) is 0 Å². The first-order chi connectivity index (χ1) is 8.92. The van der Waals surface area contributed by atoms with E-state index >= 15 is 0 Å². The third kappa shape index (κ3) is 1.34. The Hall–Kier alpha value is -2.27. The van der Waals surface area contributed by atoms with E-state index < -0.39 is 0 Å². The molecule has 4 nitrogen and oxygen atoms in total. The molecular weight excluding hydrogens is 244 g/mol. The number of aromatic amines is 1. The van der Waals surface area contributed by atoms with Crippen LogP contribution >= 0.6 is 11.3 Å². The van der Waals surface area contributed by atoms with Crippen LogP contribution in [0.4, 0.5) is 0 Å². The fourth-order valence-corrected chi connectivity index (χ4v) is 2.72. The molecule has 86 valence electrons. The summed E-state index contributed by atoms with van der Waals surface area (Å²) in [6.07, 6.45) is 5.43. The van der Waals surface area contributed by atoms with Gasteiger partial charge in [-0.05, 0) is 11.6 Å². The van der Waals surface area contributed by atoms with Gasteiger partial charge in [0.15, 0.2) is 5.65 Å². The van der Waals surface area contributed by atoms with Gasteiger partial charge in [-0.15, -0.1) is 11.3 Å². The van der Waals surface area contributed by atoms with E-state index in [-0.39, 0.29) is 0 Å². The van der Waals surface area contributed by atoms with Crippen LogP contribution in [0.1, 0.15) is 0 Å². The SMILES string of the molecule is c1nc2c(ncc3ccc(-c4cncs4)cc32)[nH]1. The molecule has 0 saturated heterocycles. The van der Waals surface area contributed by atoms with Gasteiger partial charge < -0.3 is 4.98 Å². The van der Waals surface area contributed by atoms with Gasteiger partial charge in [0.05, 0.1) is 16.7 Å². The first-order valence-electron chi connectivity index (χ1n) is 5.52. The van der Waals surface area contributed by atoms with Gasteiger partial charge in [0.1, 0.15) is 5.52 Å². The first-order valence-corrected chi connectivity index (χ1v) is 6.40. The molecule has 0 fully saturated rings. The van der Waals surface area contributed by atoms with Crippen molar-refractivity contribution in [2.75, 3.05) is 0 Å². The third-order valence-corrected chi connectivity index (χ3v) is 3.80. The molecule has 1 N–H and O–H groups in total. The second-order valence-electron chi connectivity index (χ2n) is 4.03. The molecule has 0 saturated carbocycles. The predicted octanol–water partition coefficient (Wildman–Crippen LogP) is 3.23. The van der Waals surface area contributed by atoms with E-state index in [9.17, 15) is 0 Å². The van der Waals surface area contributed by atoms with Crippen LogP contribution in [0.25, 0.3) is 32.4 Å². The standard InChI is InChI=1S/C13H8N4S/c1-2-9-4-15-13-12(16-6-17-13)10(9)3-8(1)11-5-14-7-18-11/h1-7H,(H,15,16,17). The number of fused-ring (bicyclic) bond motifs is 3. The maximum atomic E-state index is 4.34. The zero-order chi connectivity index (χ0) is 11.9. The lowest BCUT2D eigenvalue weighted by molar-refractivity contribution is 1.31. The normalized spacial score (nSPS) is 11.3. The van der Waals surface area contributed by atoms with E-state index in [0.717, 1.165) is 26.8 Å². The molecule has 3 aromatic heterocycles. The Labute approximate surface area is 106 Å². The lowest BCUT2D eigenvalue weighted by atomic mass is 10.1. The molecule has 0 radical (unpaired) electrons. The second-order valence-corrected chi connectivity index (χ2v) is 4.91. The van der Waals surface area contributed by atoms with Crippen molar-refractivity contribution >= 4 is 33.3 Å². The summed E-state index contributed by atoms with van der Waals surface area (Å²) in [5, 5.41) is 2.22. The molecule has 4 rings (SSSR count). The largest absolute Gasteiger partial charge is 0.329 e. The maximum absolute atomic E-state index is 4.34. The molecule has 18 heavy (non-hydrogen) atoms. The number of nitrogens with one attached hydrogen (secondary N) is 1. The zero-order valence-corrected chi connectivity index (χ0v) is 10.1. The average Bonchev–Trinajstić information content (AvgIpc) is 3.09. The molecule has 4 aromatic rings. The number of imidazole rings is 1. The highest BCUT2D eigenvalue weighted by molar-refractivity contribution is 7.13. The van der Waals surface area contributed by atoms with Crippen molar-refractivity contribution in [2.24, 2.45) is 0 Å². The van der Waals surface area contributed by atoms with E-state index in [1.54, 1.807) is 17.7 Å². The number of nitrogens with zero attached hydrogens (tertiary/aromatic N) is 3. The third-order valence-electron chi connectivity index (χ3n) is 2.98. The average molecular weight is 252 g/mol. The number of rotatable bonds is 1. The molecule has 1 aromatic carbocycles. The topological polar surface area (TPSA) is 54.5 Å². The maximum Gasteiger partial charge on any atom is 0.157 e. The number of aromatic nitrogens is 4.